The highest BCUT2D eigenvalue weighted by molar-refractivity contribution is 6.25. The normalized spacial score (nSPS) is 13.1. The number of hydrogen-bond acceptors (Lipinski definition) is 5. The quantitative estimate of drug-likeness (QED) is 0.313. The Morgan fingerprint density at radius 1 is 0.889 bits per heavy atom. The molecule has 0 saturated carbocycles. The van der Waals surface area contributed by atoms with E-state index < -0.39 is 0 Å². The van der Waals surface area contributed by atoms with Crippen molar-refractivity contribution in [3.05, 3.63) is 83.9 Å². The predicted octanol–water partition coefficient (Wildman–Crippen LogP) is 5.76. The van der Waals surface area contributed by atoms with Gasteiger partial charge in [-0.3, -0.25) is 19.3 Å². The molecule has 7 heteroatoms. The Hall–Kier alpha value is -4.65. The van der Waals surface area contributed by atoms with Gasteiger partial charge in [-0.2, -0.15) is 0 Å². The van der Waals surface area contributed by atoms with Crippen LogP contribution in [0.25, 0.3) is 32.7 Å². The van der Waals surface area contributed by atoms with Crippen LogP contribution < -0.4 is 10.1 Å². The molecule has 0 spiro atoms. The van der Waals surface area contributed by atoms with E-state index in [0.717, 1.165) is 21.7 Å². The summed E-state index contributed by atoms with van der Waals surface area (Å²) < 4.78 is 11.4. The largest absolute Gasteiger partial charge is 0.495 e. The van der Waals surface area contributed by atoms with Gasteiger partial charge in [0.25, 0.3) is 11.8 Å². The van der Waals surface area contributed by atoms with Crippen molar-refractivity contribution < 1.29 is 23.5 Å². The summed E-state index contributed by atoms with van der Waals surface area (Å²) in [5.74, 6) is -0.389. The Morgan fingerprint density at radius 3 is 2.33 bits per heavy atom. The number of fused-ring (bicyclic) bond motifs is 3. The third-order valence-corrected chi connectivity index (χ3v) is 6.61. The second-order valence-corrected chi connectivity index (χ2v) is 8.77. The Labute approximate surface area is 206 Å². The summed E-state index contributed by atoms with van der Waals surface area (Å²) in [6.45, 7) is 0.148. The molecule has 178 valence electrons. The highest BCUT2D eigenvalue weighted by atomic mass is 16.5. The van der Waals surface area contributed by atoms with Gasteiger partial charge in [0.1, 0.15) is 16.9 Å². The Balaban J connectivity index is 1.17. The van der Waals surface area contributed by atoms with Crippen LogP contribution in [0.15, 0.2) is 77.2 Å². The van der Waals surface area contributed by atoms with Crippen LogP contribution in [0, 0.1) is 0 Å². The SMILES string of the molecule is COc1cc2c(cc1NC(=O)CCCN1C(=O)c3cccc4cccc(c34)C1=O)oc1ccccc12. The summed E-state index contributed by atoms with van der Waals surface area (Å²) in [4.78, 5) is 40.1. The van der Waals surface area contributed by atoms with Crippen molar-refractivity contribution in [2.75, 3.05) is 19.0 Å². The molecule has 7 nitrogen and oxygen atoms in total. The standard InChI is InChI=1S/C29H22N2O5/c1-35-25-15-21-18-9-2-3-12-23(18)36-24(21)16-22(25)30-26(32)13-6-14-31-28(33)19-10-4-7-17-8-5-11-20(27(17)19)29(31)34/h2-5,7-12,15-16H,6,13-14H2,1H3,(H,30,32). The van der Waals surface area contributed by atoms with E-state index in [2.05, 4.69) is 5.32 Å². The third-order valence-electron chi connectivity index (χ3n) is 6.61. The van der Waals surface area contributed by atoms with Crippen molar-refractivity contribution in [3.63, 3.8) is 0 Å². The van der Waals surface area contributed by atoms with Crippen LogP contribution >= 0.6 is 0 Å². The first kappa shape index (κ1) is 21.9. The van der Waals surface area contributed by atoms with Crippen LogP contribution in [0.4, 0.5) is 5.69 Å². The van der Waals surface area contributed by atoms with Gasteiger partial charge in [-0.25, -0.2) is 0 Å². The molecule has 2 heterocycles. The van der Waals surface area contributed by atoms with Crippen molar-refractivity contribution in [3.8, 4) is 5.75 Å². The van der Waals surface area contributed by atoms with Crippen molar-refractivity contribution in [1.29, 1.82) is 0 Å². The Morgan fingerprint density at radius 2 is 1.61 bits per heavy atom. The van der Waals surface area contributed by atoms with Crippen LogP contribution in [-0.2, 0) is 4.79 Å². The average molecular weight is 479 g/mol. The summed E-state index contributed by atoms with van der Waals surface area (Å²) in [6, 6.07) is 22.2. The number of anilines is 1. The van der Waals surface area contributed by atoms with Gasteiger partial charge in [0.05, 0.1) is 12.8 Å². The molecule has 3 amide bonds. The number of para-hydroxylation sites is 1. The second kappa shape index (κ2) is 8.53. The van der Waals surface area contributed by atoms with Gasteiger partial charge in [0, 0.05) is 46.3 Å². The van der Waals surface area contributed by atoms with Gasteiger partial charge >= 0.3 is 0 Å². The summed E-state index contributed by atoms with van der Waals surface area (Å²) in [6.07, 6.45) is 0.459. The van der Waals surface area contributed by atoms with E-state index in [0.29, 0.717) is 40.0 Å². The molecule has 5 aromatic rings. The zero-order valence-electron chi connectivity index (χ0n) is 19.5. The molecule has 1 aliphatic heterocycles. The molecule has 6 rings (SSSR count). The zero-order valence-corrected chi connectivity index (χ0v) is 19.5. The van der Waals surface area contributed by atoms with Gasteiger partial charge in [-0.1, -0.05) is 42.5 Å². The van der Waals surface area contributed by atoms with Crippen LogP contribution in [0.3, 0.4) is 0 Å². The zero-order chi connectivity index (χ0) is 24.8. The summed E-state index contributed by atoms with van der Waals surface area (Å²) >= 11 is 0. The fourth-order valence-corrected chi connectivity index (χ4v) is 4.91. The first-order chi connectivity index (χ1) is 17.5. The van der Waals surface area contributed by atoms with Crippen molar-refractivity contribution in [2.45, 2.75) is 12.8 Å². The lowest BCUT2D eigenvalue weighted by atomic mass is 9.94. The van der Waals surface area contributed by atoms with Crippen molar-refractivity contribution in [1.82, 2.24) is 4.90 Å². The predicted molar refractivity (Wildman–Crippen MR) is 137 cm³/mol. The highest BCUT2D eigenvalue weighted by Gasteiger charge is 2.32. The molecule has 0 fully saturated rings. The van der Waals surface area contributed by atoms with Crippen molar-refractivity contribution >= 4 is 56.1 Å². The number of amides is 3. The van der Waals surface area contributed by atoms with E-state index in [1.807, 2.05) is 54.6 Å². The number of rotatable bonds is 6. The minimum Gasteiger partial charge on any atom is -0.495 e. The highest BCUT2D eigenvalue weighted by Crippen LogP contribution is 2.36. The first-order valence-corrected chi connectivity index (χ1v) is 11.7. The molecule has 0 saturated heterocycles. The second-order valence-electron chi connectivity index (χ2n) is 8.77. The molecule has 4 aromatic carbocycles. The molecule has 0 unspecified atom stereocenters. The van der Waals surface area contributed by atoms with Crippen LogP contribution in [0.1, 0.15) is 33.6 Å². The van der Waals surface area contributed by atoms with Crippen molar-refractivity contribution in [2.24, 2.45) is 0 Å². The Kier molecular flexibility index (Phi) is 5.18. The minimum atomic E-state index is -0.332. The number of nitrogens with zero attached hydrogens (tertiary/aromatic N) is 1. The number of imide groups is 1. The maximum Gasteiger partial charge on any atom is 0.261 e. The first-order valence-electron chi connectivity index (χ1n) is 11.7. The molecule has 1 aliphatic rings. The van der Waals surface area contributed by atoms with E-state index >= 15 is 0 Å². The molecule has 1 aromatic heterocycles. The monoisotopic (exact) mass is 478 g/mol. The lowest BCUT2D eigenvalue weighted by molar-refractivity contribution is -0.116. The topological polar surface area (TPSA) is 88.9 Å². The number of ether oxygens (including phenoxy) is 1. The number of benzene rings is 4. The number of hydrogen-bond donors (Lipinski definition) is 1. The number of furan rings is 1. The summed E-state index contributed by atoms with van der Waals surface area (Å²) in [5, 5.41) is 6.30. The average Bonchev–Trinajstić information content (AvgIpc) is 3.26. The molecule has 1 N–H and O–H groups in total. The van der Waals surface area contributed by atoms with Gasteiger partial charge < -0.3 is 14.5 Å². The fraction of sp³-hybridized carbons (Fsp3) is 0.138. The number of methoxy groups -OCH3 is 1. The third kappa shape index (κ3) is 3.48. The molecule has 0 radical (unpaired) electrons. The van der Waals surface area contributed by atoms with E-state index in [4.69, 9.17) is 9.15 Å². The summed E-state index contributed by atoms with van der Waals surface area (Å²) in [7, 11) is 1.55. The number of nitrogens with one attached hydrogen (secondary N) is 1. The van der Waals surface area contributed by atoms with Crippen LogP contribution in [-0.4, -0.2) is 36.3 Å². The Bertz CT molecular complexity index is 1650. The lowest BCUT2D eigenvalue weighted by Gasteiger charge is -2.27. The van der Waals surface area contributed by atoms with E-state index in [9.17, 15) is 14.4 Å². The van der Waals surface area contributed by atoms with Gasteiger partial charge in [-0.15, -0.1) is 0 Å². The molecule has 0 bridgehead atoms. The molecule has 0 aliphatic carbocycles. The smallest absolute Gasteiger partial charge is 0.261 e. The minimum absolute atomic E-state index is 0.129. The van der Waals surface area contributed by atoms with Crippen LogP contribution in [0.2, 0.25) is 0 Å². The van der Waals surface area contributed by atoms with E-state index in [-0.39, 0.29) is 30.7 Å². The van der Waals surface area contributed by atoms with Gasteiger partial charge in [-0.05, 0) is 36.1 Å². The molecule has 0 atom stereocenters. The number of carbonyl (C=O) groups excluding carboxylic acids is 3. The molecule has 36 heavy (non-hydrogen) atoms. The van der Waals surface area contributed by atoms with Gasteiger partial charge in [0.15, 0.2) is 0 Å². The maximum absolute atomic E-state index is 13.0. The van der Waals surface area contributed by atoms with Gasteiger partial charge in [0.2, 0.25) is 5.91 Å². The fourth-order valence-electron chi connectivity index (χ4n) is 4.91. The van der Waals surface area contributed by atoms with Crippen LogP contribution in [0.5, 0.6) is 5.75 Å². The summed E-state index contributed by atoms with van der Waals surface area (Å²) in [5.41, 5.74) is 2.92. The lowest BCUT2D eigenvalue weighted by Crippen LogP contribution is -2.41. The molecular formula is C29H22N2O5. The maximum atomic E-state index is 13.0. The van der Waals surface area contributed by atoms with E-state index in [1.54, 1.807) is 25.3 Å². The molecular weight excluding hydrogens is 456 g/mol. The number of carbonyl (C=O) groups is 3. The van der Waals surface area contributed by atoms with E-state index in [1.165, 1.54) is 4.90 Å².